The summed E-state index contributed by atoms with van der Waals surface area (Å²) in [6.45, 7) is 6.38. The largest absolute Gasteiger partial charge is 0.352 e. The SMILES string of the molecule is CCCCCNC(=O)c1ccc(S(=O)(=O)N(C)C(C)C)cc1. The van der Waals surface area contributed by atoms with Crippen molar-refractivity contribution in [1.29, 1.82) is 0 Å². The van der Waals surface area contributed by atoms with Gasteiger partial charge in [0.15, 0.2) is 0 Å². The lowest BCUT2D eigenvalue weighted by Crippen LogP contribution is -2.33. The van der Waals surface area contributed by atoms with Crippen LogP contribution in [0.25, 0.3) is 0 Å². The zero-order valence-corrected chi connectivity index (χ0v) is 14.6. The zero-order valence-electron chi connectivity index (χ0n) is 13.8. The first-order valence-corrected chi connectivity index (χ1v) is 9.11. The van der Waals surface area contributed by atoms with Gasteiger partial charge in [-0.3, -0.25) is 4.79 Å². The molecular formula is C16H26N2O3S. The van der Waals surface area contributed by atoms with Gasteiger partial charge in [-0.05, 0) is 44.5 Å². The van der Waals surface area contributed by atoms with Crippen LogP contribution in [0.1, 0.15) is 50.4 Å². The molecule has 5 nitrogen and oxygen atoms in total. The molecule has 22 heavy (non-hydrogen) atoms. The molecule has 0 bridgehead atoms. The van der Waals surface area contributed by atoms with E-state index in [0.29, 0.717) is 12.1 Å². The summed E-state index contributed by atoms with van der Waals surface area (Å²) in [5.74, 6) is -0.169. The van der Waals surface area contributed by atoms with Crippen molar-refractivity contribution >= 4 is 15.9 Å². The normalized spacial score (nSPS) is 11.9. The van der Waals surface area contributed by atoms with Crippen LogP contribution >= 0.6 is 0 Å². The van der Waals surface area contributed by atoms with Crippen LogP contribution in [-0.2, 0) is 10.0 Å². The van der Waals surface area contributed by atoms with Gasteiger partial charge in [-0.2, -0.15) is 4.31 Å². The summed E-state index contributed by atoms with van der Waals surface area (Å²) in [5, 5.41) is 2.83. The predicted molar refractivity (Wildman–Crippen MR) is 88.4 cm³/mol. The summed E-state index contributed by atoms with van der Waals surface area (Å²) in [7, 11) is -1.95. The van der Waals surface area contributed by atoms with Crippen molar-refractivity contribution in [1.82, 2.24) is 9.62 Å². The van der Waals surface area contributed by atoms with Crippen molar-refractivity contribution in [2.45, 2.75) is 51.0 Å². The molecule has 0 heterocycles. The molecule has 1 aromatic rings. The Morgan fingerprint density at radius 1 is 1.18 bits per heavy atom. The van der Waals surface area contributed by atoms with Crippen molar-refractivity contribution in [3.05, 3.63) is 29.8 Å². The minimum atomic E-state index is -3.50. The van der Waals surface area contributed by atoms with Crippen LogP contribution < -0.4 is 5.32 Å². The van der Waals surface area contributed by atoms with E-state index in [4.69, 9.17) is 0 Å². The monoisotopic (exact) mass is 326 g/mol. The van der Waals surface area contributed by atoms with Gasteiger partial charge in [-0.1, -0.05) is 19.8 Å². The molecule has 0 aliphatic heterocycles. The minimum Gasteiger partial charge on any atom is -0.352 e. The maximum absolute atomic E-state index is 12.3. The molecule has 1 N–H and O–H groups in total. The highest BCUT2D eigenvalue weighted by molar-refractivity contribution is 7.89. The van der Waals surface area contributed by atoms with E-state index in [1.807, 2.05) is 13.8 Å². The van der Waals surface area contributed by atoms with Crippen LogP contribution in [0.4, 0.5) is 0 Å². The quantitative estimate of drug-likeness (QED) is 0.747. The summed E-state index contributed by atoms with van der Waals surface area (Å²) >= 11 is 0. The van der Waals surface area contributed by atoms with Gasteiger partial charge in [-0.25, -0.2) is 8.42 Å². The second-order valence-corrected chi connectivity index (χ2v) is 7.60. The lowest BCUT2D eigenvalue weighted by atomic mass is 10.2. The first-order chi connectivity index (χ1) is 10.3. The Morgan fingerprint density at radius 2 is 1.77 bits per heavy atom. The van der Waals surface area contributed by atoms with E-state index in [9.17, 15) is 13.2 Å². The maximum atomic E-state index is 12.3. The number of amides is 1. The Hall–Kier alpha value is -1.40. The third-order valence-electron chi connectivity index (χ3n) is 3.59. The molecule has 0 saturated carbocycles. The number of sulfonamides is 1. The number of benzene rings is 1. The summed E-state index contributed by atoms with van der Waals surface area (Å²) in [4.78, 5) is 12.1. The van der Waals surface area contributed by atoms with Crippen LogP contribution in [0.15, 0.2) is 29.2 Å². The van der Waals surface area contributed by atoms with Gasteiger partial charge in [0.05, 0.1) is 4.90 Å². The van der Waals surface area contributed by atoms with Crippen molar-refractivity contribution < 1.29 is 13.2 Å². The van der Waals surface area contributed by atoms with E-state index in [1.54, 1.807) is 19.2 Å². The highest BCUT2D eigenvalue weighted by Crippen LogP contribution is 2.17. The molecule has 124 valence electrons. The average molecular weight is 326 g/mol. The molecule has 1 rings (SSSR count). The lowest BCUT2D eigenvalue weighted by molar-refractivity contribution is 0.0953. The summed E-state index contributed by atoms with van der Waals surface area (Å²) in [5.41, 5.74) is 0.475. The van der Waals surface area contributed by atoms with E-state index < -0.39 is 10.0 Å². The molecule has 0 saturated heterocycles. The van der Waals surface area contributed by atoms with Gasteiger partial charge >= 0.3 is 0 Å². The van der Waals surface area contributed by atoms with Crippen molar-refractivity contribution in [3.63, 3.8) is 0 Å². The number of nitrogens with one attached hydrogen (secondary N) is 1. The molecule has 0 aromatic heterocycles. The van der Waals surface area contributed by atoms with Crippen LogP contribution in [0.3, 0.4) is 0 Å². The van der Waals surface area contributed by atoms with Gasteiger partial charge < -0.3 is 5.32 Å². The van der Waals surface area contributed by atoms with Gasteiger partial charge in [0.1, 0.15) is 0 Å². The number of hydrogen-bond acceptors (Lipinski definition) is 3. The zero-order chi connectivity index (χ0) is 16.8. The second kappa shape index (κ2) is 8.29. The van der Waals surface area contributed by atoms with Crippen LogP contribution in [0.5, 0.6) is 0 Å². The smallest absolute Gasteiger partial charge is 0.251 e. The second-order valence-electron chi connectivity index (χ2n) is 5.60. The Morgan fingerprint density at radius 3 is 2.27 bits per heavy atom. The van der Waals surface area contributed by atoms with E-state index in [1.165, 1.54) is 16.4 Å². The lowest BCUT2D eigenvalue weighted by Gasteiger charge is -2.21. The average Bonchev–Trinajstić information content (AvgIpc) is 2.50. The number of rotatable bonds is 8. The van der Waals surface area contributed by atoms with Crippen LogP contribution in [0.2, 0.25) is 0 Å². The molecule has 6 heteroatoms. The fourth-order valence-electron chi connectivity index (χ4n) is 1.90. The number of hydrogen-bond donors (Lipinski definition) is 1. The molecule has 0 spiro atoms. The van der Waals surface area contributed by atoms with Gasteiger partial charge in [-0.15, -0.1) is 0 Å². The molecule has 1 aromatic carbocycles. The molecule has 0 fully saturated rings. The number of carbonyl (C=O) groups excluding carboxylic acids is 1. The molecule has 0 radical (unpaired) electrons. The standard InChI is InChI=1S/C16H26N2O3S/c1-5-6-7-12-17-16(19)14-8-10-15(11-9-14)22(20,21)18(4)13(2)3/h8-11,13H,5-7,12H2,1-4H3,(H,17,19). The Kier molecular flexibility index (Phi) is 7.03. The molecule has 1 amide bonds. The summed E-state index contributed by atoms with van der Waals surface area (Å²) in [6, 6.07) is 5.95. The number of carbonyl (C=O) groups is 1. The first-order valence-electron chi connectivity index (χ1n) is 7.67. The van der Waals surface area contributed by atoms with Crippen LogP contribution in [0, 0.1) is 0 Å². The fourth-order valence-corrected chi connectivity index (χ4v) is 3.27. The summed E-state index contributed by atoms with van der Waals surface area (Å²) in [6.07, 6.45) is 3.14. The molecule has 0 unspecified atom stereocenters. The Labute approximate surface area is 133 Å². The molecule has 0 aliphatic carbocycles. The first kappa shape index (κ1) is 18.6. The van der Waals surface area contributed by atoms with Crippen molar-refractivity contribution in [2.75, 3.05) is 13.6 Å². The predicted octanol–water partition coefficient (Wildman–Crippen LogP) is 2.64. The van der Waals surface area contributed by atoms with E-state index in [-0.39, 0.29) is 16.8 Å². The van der Waals surface area contributed by atoms with Gasteiger partial charge in [0.2, 0.25) is 10.0 Å². The van der Waals surface area contributed by atoms with Crippen molar-refractivity contribution in [2.24, 2.45) is 0 Å². The fraction of sp³-hybridized carbons (Fsp3) is 0.562. The maximum Gasteiger partial charge on any atom is 0.251 e. The molecule has 0 aliphatic rings. The van der Waals surface area contributed by atoms with E-state index in [2.05, 4.69) is 12.2 Å². The van der Waals surface area contributed by atoms with E-state index >= 15 is 0 Å². The Bertz CT molecular complexity index is 580. The topological polar surface area (TPSA) is 66.5 Å². The third kappa shape index (κ3) is 4.81. The number of nitrogens with zero attached hydrogens (tertiary/aromatic N) is 1. The highest BCUT2D eigenvalue weighted by atomic mass is 32.2. The van der Waals surface area contributed by atoms with Crippen molar-refractivity contribution in [3.8, 4) is 0 Å². The third-order valence-corrected chi connectivity index (χ3v) is 5.63. The van der Waals surface area contributed by atoms with E-state index in [0.717, 1.165) is 19.3 Å². The number of unbranched alkanes of at least 4 members (excludes halogenated alkanes) is 2. The summed E-state index contributed by atoms with van der Waals surface area (Å²) < 4.78 is 26.0. The molecule has 0 atom stereocenters. The van der Waals surface area contributed by atoms with Gasteiger partial charge in [0, 0.05) is 25.2 Å². The van der Waals surface area contributed by atoms with Crippen LogP contribution in [-0.4, -0.2) is 38.3 Å². The highest BCUT2D eigenvalue weighted by Gasteiger charge is 2.23. The molecular weight excluding hydrogens is 300 g/mol. The minimum absolute atomic E-state index is 0.119. The Balaban J connectivity index is 2.76. The van der Waals surface area contributed by atoms with Gasteiger partial charge in [0.25, 0.3) is 5.91 Å².